The number of phenolic OH excluding ortho intramolecular Hbond substituents is 2. The molecule has 0 aromatic heterocycles. The summed E-state index contributed by atoms with van der Waals surface area (Å²) in [5.41, 5.74) is 0.420. The molecule has 0 aliphatic heterocycles. The molecule has 1 aromatic carbocycles. The number of halogens is 1. The van der Waals surface area contributed by atoms with Crippen molar-refractivity contribution in [3.05, 3.63) is 38.5 Å². The minimum atomic E-state index is -0.613. The lowest BCUT2D eigenvalue weighted by molar-refractivity contribution is -0.400. The van der Waals surface area contributed by atoms with Gasteiger partial charge >= 0.3 is 0 Å². The van der Waals surface area contributed by atoms with Crippen LogP contribution in [0, 0.1) is 10.1 Å². The summed E-state index contributed by atoms with van der Waals surface area (Å²) in [5, 5.41) is 28.3. The highest BCUT2D eigenvalue weighted by Gasteiger charge is 2.05. The Morgan fingerprint density at radius 3 is 2.57 bits per heavy atom. The highest BCUT2D eigenvalue weighted by Crippen LogP contribution is 2.34. The molecular formula is C8H6BrNO4. The van der Waals surface area contributed by atoms with Crippen LogP contribution in [0.2, 0.25) is 0 Å². The second-order valence-electron chi connectivity index (χ2n) is 2.47. The molecule has 1 aromatic rings. The van der Waals surface area contributed by atoms with E-state index >= 15 is 0 Å². The van der Waals surface area contributed by atoms with Crippen molar-refractivity contribution in [2.24, 2.45) is 0 Å². The maximum absolute atomic E-state index is 10.0. The molecular weight excluding hydrogens is 254 g/mol. The third kappa shape index (κ3) is 2.46. The first-order valence-electron chi connectivity index (χ1n) is 3.54. The molecule has 0 aliphatic carbocycles. The second kappa shape index (κ2) is 4.10. The van der Waals surface area contributed by atoms with Gasteiger partial charge in [0.05, 0.1) is 9.40 Å². The minimum absolute atomic E-state index is 0.278. The van der Waals surface area contributed by atoms with Crippen molar-refractivity contribution in [3.63, 3.8) is 0 Å². The standard InChI is InChI=1S/C8H6BrNO4/c9-6-3-5(1-2-10(13)14)4-7(11)8(6)12/h1-4,11-12H/b2-1+. The molecule has 74 valence electrons. The Morgan fingerprint density at radius 2 is 2.07 bits per heavy atom. The van der Waals surface area contributed by atoms with Crippen LogP contribution in [0.5, 0.6) is 11.5 Å². The minimum Gasteiger partial charge on any atom is -0.504 e. The molecule has 2 N–H and O–H groups in total. The fourth-order valence-electron chi connectivity index (χ4n) is 0.848. The van der Waals surface area contributed by atoms with E-state index in [9.17, 15) is 10.1 Å². The number of aromatic hydroxyl groups is 2. The van der Waals surface area contributed by atoms with E-state index in [0.717, 1.165) is 6.20 Å². The van der Waals surface area contributed by atoms with Crippen LogP contribution >= 0.6 is 15.9 Å². The monoisotopic (exact) mass is 259 g/mol. The van der Waals surface area contributed by atoms with Crippen molar-refractivity contribution in [3.8, 4) is 11.5 Å². The van der Waals surface area contributed by atoms with Gasteiger partial charge in [0.25, 0.3) is 0 Å². The number of hydrogen-bond acceptors (Lipinski definition) is 4. The molecule has 0 saturated heterocycles. The van der Waals surface area contributed by atoms with Crippen LogP contribution in [0.4, 0.5) is 0 Å². The molecule has 0 saturated carbocycles. The molecule has 0 unspecified atom stereocenters. The van der Waals surface area contributed by atoms with Gasteiger partial charge in [0, 0.05) is 6.08 Å². The second-order valence-corrected chi connectivity index (χ2v) is 3.33. The number of hydrogen-bond donors (Lipinski definition) is 2. The van der Waals surface area contributed by atoms with Gasteiger partial charge in [-0.05, 0) is 33.6 Å². The summed E-state index contributed by atoms with van der Waals surface area (Å²) in [7, 11) is 0. The van der Waals surface area contributed by atoms with Crippen LogP contribution in [-0.2, 0) is 0 Å². The lowest BCUT2D eigenvalue weighted by Gasteiger charge is -2.01. The average molecular weight is 260 g/mol. The molecule has 0 spiro atoms. The molecule has 6 heteroatoms. The highest BCUT2D eigenvalue weighted by atomic mass is 79.9. The van der Waals surface area contributed by atoms with Crippen LogP contribution in [0.1, 0.15) is 5.56 Å². The largest absolute Gasteiger partial charge is 0.504 e. The fourth-order valence-corrected chi connectivity index (χ4v) is 1.32. The number of phenols is 2. The smallest absolute Gasteiger partial charge is 0.235 e. The Bertz CT molecular complexity index is 379. The van der Waals surface area contributed by atoms with E-state index in [1.807, 2.05) is 0 Å². The van der Waals surface area contributed by atoms with Gasteiger partial charge in [-0.2, -0.15) is 0 Å². The Kier molecular flexibility index (Phi) is 3.08. The van der Waals surface area contributed by atoms with E-state index in [-0.39, 0.29) is 16.0 Å². The van der Waals surface area contributed by atoms with E-state index in [1.54, 1.807) is 0 Å². The summed E-state index contributed by atoms with van der Waals surface area (Å²) in [6.07, 6.45) is 1.96. The SMILES string of the molecule is O=[N+]([O-])/C=C/c1cc(O)c(O)c(Br)c1. The number of nitro groups is 1. The maximum Gasteiger partial charge on any atom is 0.235 e. The summed E-state index contributed by atoms with van der Waals surface area (Å²) in [4.78, 5) is 9.39. The summed E-state index contributed by atoms with van der Waals surface area (Å²) < 4.78 is 0.278. The predicted octanol–water partition coefficient (Wildman–Crippen LogP) is 2.11. The van der Waals surface area contributed by atoms with Crippen LogP contribution in [0.3, 0.4) is 0 Å². The Morgan fingerprint density at radius 1 is 1.43 bits per heavy atom. The van der Waals surface area contributed by atoms with Gasteiger partial charge in [0.15, 0.2) is 11.5 Å². The summed E-state index contributed by atoms with van der Waals surface area (Å²) >= 11 is 2.99. The summed E-state index contributed by atoms with van der Waals surface area (Å²) in [5.74, 6) is -0.620. The van der Waals surface area contributed by atoms with E-state index in [4.69, 9.17) is 10.2 Å². The first-order chi connectivity index (χ1) is 6.50. The molecule has 0 amide bonds. The number of rotatable bonds is 2. The van der Waals surface area contributed by atoms with Crippen molar-refractivity contribution in [2.45, 2.75) is 0 Å². The van der Waals surface area contributed by atoms with Crippen molar-refractivity contribution < 1.29 is 15.1 Å². The van der Waals surface area contributed by atoms with Crippen molar-refractivity contribution in [2.75, 3.05) is 0 Å². The molecule has 0 aliphatic rings. The summed E-state index contributed by atoms with van der Waals surface area (Å²) in [6, 6.07) is 2.68. The topological polar surface area (TPSA) is 83.6 Å². The third-order valence-electron chi connectivity index (χ3n) is 1.45. The molecule has 14 heavy (non-hydrogen) atoms. The molecule has 0 fully saturated rings. The average Bonchev–Trinajstić information content (AvgIpc) is 2.10. The van der Waals surface area contributed by atoms with Gasteiger partial charge in [-0.1, -0.05) is 0 Å². The van der Waals surface area contributed by atoms with Crippen molar-refractivity contribution in [1.82, 2.24) is 0 Å². The number of benzene rings is 1. The van der Waals surface area contributed by atoms with Gasteiger partial charge in [-0.15, -0.1) is 0 Å². The van der Waals surface area contributed by atoms with Crippen molar-refractivity contribution in [1.29, 1.82) is 0 Å². The fraction of sp³-hybridized carbons (Fsp3) is 0. The predicted molar refractivity (Wildman–Crippen MR) is 53.5 cm³/mol. The third-order valence-corrected chi connectivity index (χ3v) is 2.06. The van der Waals surface area contributed by atoms with Crippen LogP contribution in [-0.4, -0.2) is 15.1 Å². The molecule has 1 rings (SSSR count). The van der Waals surface area contributed by atoms with Crippen LogP contribution in [0.15, 0.2) is 22.8 Å². The molecule has 0 heterocycles. The Labute approximate surface area is 87.6 Å². The maximum atomic E-state index is 10.0. The molecule has 0 bridgehead atoms. The van der Waals surface area contributed by atoms with Crippen LogP contribution in [0.25, 0.3) is 6.08 Å². The van der Waals surface area contributed by atoms with Crippen molar-refractivity contribution >= 4 is 22.0 Å². The number of nitrogens with zero attached hydrogens (tertiary/aromatic N) is 1. The van der Waals surface area contributed by atoms with Gasteiger partial charge < -0.3 is 10.2 Å². The van der Waals surface area contributed by atoms with Gasteiger partial charge in [-0.25, -0.2) is 0 Å². The van der Waals surface area contributed by atoms with E-state index in [2.05, 4.69) is 15.9 Å². The lowest BCUT2D eigenvalue weighted by Crippen LogP contribution is -1.83. The van der Waals surface area contributed by atoms with E-state index in [0.29, 0.717) is 5.56 Å². The quantitative estimate of drug-likeness (QED) is 0.484. The molecule has 0 atom stereocenters. The van der Waals surface area contributed by atoms with Gasteiger partial charge in [-0.3, -0.25) is 10.1 Å². The summed E-state index contributed by atoms with van der Waals surface area (Å²) in [6.45, 7) is 0. The van der Waals surface area contributed by atoms with E-state index < -0.39 is 4.92 Å². The Balaban J connectivity index is 3.07. The zero-order chi connectivity index (χ0) is 10.7. The van der Waals surface area contributed by atoms with Gasteiger partial charge in [0.1, 0.15) is 0 Å². The van der Waals surface area contributed by atoms with Crippen LogP contribution < -0.4 is 0 Å². The zero-order valence-corrected chi connectivity index (χ0v) is 8.43. The first-order valence-corrected chi connectivity index (χ1v) is 4.33. The Hall–Kier alpha value is -1.56. The zero-order valence-electron chi connectivity index (χ0n) is 6.85. The molecule has 0 radical (unpaired) electrons. The first kappa shape index (κ1) is 10.5. The van der Waals surface area contributed by atoms with E-state index in [1.165, 1.54) is 18.2 Å². The highest BCUT2D eigenvalue weighted by molar-refractivity contribution is 9.10. The lowest BCUT2D eigenvalue weighted by atomic mass is 10.2. The molecule has 5 nitrogen and oxygen atoms in total. The normalized spacial score (nSPS) is 10.6. The van der Waals surface area contributed by atoms with Gasteiger partial charge in [0.2, 0.25) is 6.20 Å².